The van der Waals surface area contributed by atoms with Gasteiger partial charge in [0.1, 0.15) is 11.8 Å². The first kappa shape index (κ1) is 24.1. The molecule has 1 fully saturated rings. The molecule has 0 atom stereocenters. The van der Waals surface area contributed by atoms with Crippen LogP contribution in [0.4, 0.5) is 5.88 Å². The molecule has 2 aromatic carbocycles. The fraction of sp³-hybridized carbons (Fsp3) is 0.321. The summed E-state index contributed by atoms with van der Waals surface area (Å²) in [6.07, 6.45) is 3.60. The summed E-state index contributed by atoms with van der Waals surface area (Å²) in [6.45, 7) is 8.68. The van der Waals surface area contributed by atoms with Gasteiger partial charge in [-0.3, -0.25) is 4.79 Å². The number of hydrogen-bond donors (Lipinski definition) is 0. The SMILES string of the molecule is COc1cccc(C=Cc2nc(C#N)c(N3CCN(C(=O)c4ccc(C(C)(C)C)cc4)CC3)o2)c1. The summed E-state index contributed by atoms with van der Waals surface area (Å²) in [5.41, 5.74) is 3.11. The predicted octanol–water partition coefficient (Wildman–Crippen LogP) is 4.99. The van der Waals surface area contributed by atoms with Crippen molar-refractivity contribution in [2.45, 2.75) is 26.2 Å². The summed E-state index contributed by atoms with van der Waals surface area (Å²) in [5, 5.41) is 9.58. The summed E-state index contributed by atoms with van der Waals surface area (Å²) in [6, 6.07) is 17.6. The van der Waals surface area contributed by atoms with Crippen LogP contribution in [-0.2, 0) is 5.41 Å². The molecule has 7 nitrogen and oxygen atoms in total. The number of carbonyl (C=O) groups excluding carboxylic acids is 1. The quantitative estimate of drug-likeness (QED) is 0.523. The molecular weight excluding hydrogens is 440 g/mol. The molecule has 0 saturated carbocycles. The van der Waals surface area contributed by atoms with Gasteiger partial charge in [-0.05, 0) is 46.9 Å². The Hall–Kier alpha value is -4.05. The maximum atomic E-state index is 13.0. The lowest BCUT2D eigenvalue weighted by Gasteiger charge is -2.34. The van der Waals surface area contributed by atoms with Gasteiger partial charge in [0.15, 0.2) is 0 Å². The molecule has 3 aromatic rings. The van der Waals surface area contributed by atoms with Gasteiger partial charge in [-0.25, -0.2) is 0 Å². The normalized spacial score (nSPS) is 14.3. The summed E-state index contributed by atoms with van der Waals surface area (Å²) in [7, 11) is 1.62. The number of methoxy groups -OCH3 is 1. The Labute approximate surface area is 206 Å². The maximum absolute atomic E-state index is 13.0. The van der Waals surface area contributed by atoms with Crippen molar-refractivity contribution >= 4 is 23.9 Å². The van der Waals surface area contributed by atoms with Crippen LogP contribution in [0.25, 0.3) is 12.2 Å². The Morgan fingerprint density at radius 3 is 2.43 bits per heavy atom. The molecule has 180 valence electrons. The van der Waals surface area contributed by atoms with E-state index in [9.17, 15) is 10.1 Å². The molecule has 1 saturated heterocycles. The molecule has 0 radical (unpaired) electrons. The molecule has 1 aliphatic heterocycles. The minimum atomic E-state index is 0.0186. The Balaban J connectivity index is 1.41. The number of aromatic nitrogens is 1. The Kier molecular flexibility index (Phi) is 6.92. The maximum Gasteiger partial charge on any atom is 0.253 e. The molecule has 35 heavy (non-hydrogen) atoms. The smallest absolute Gasteiger partial charge is 0.253 e. The van der Waals surface area contributed by atoms with E-state index in [1.165, 1.54) is 5.56 Å². The monoisotopic (exact) mass is 470 g/mol. The zero-order valence-corrected chi connectivity index (χ0v) is 20.6. The largest absolute Gasteiger partial charge is 0.497 e. The first-order valence-electron chi connectivity index (χ1n) is 11.7. The van der Waals surface area contributed by atoms with E-state index in [-0.39, 0.29) is 17.0 Å². The van der Waals surface area contributed by atoms with Crippen molar-refractivity contribution in [2.75, 3.05) is 38.2 Å². The highest BCUT2D eigenvalue weighted by Gasteiger charge is 2.27. The zero-order chi connectivity index (χ0) is 25.0. The highest BCUT2D eigenvalue weighted by atomic mass is 16.5. The van der Waals surface area contributed by atoms with Crippen molar-refractivity contribution in [3.63, 3.8) is 0 Å². The fourth-order valence-corrected chi connectivity index (χ4v) is 4.01. The third-order valence-corrected chi connectivity index (χ3v) is 6.10. The molecule has 7 heteroatoms. The lowest BCUT2D eigenvalue weighted by atomic mass is 9.86. The summed E-state index contributed by atoms with van der Waals surface area (Å²) in [4.78, 5) is 21.1. The number of ether oxygens (including phenoxy) is 1. The number of hydrogen-bond acceptors (Lipinski definition) is 6. The second-order valence-electron chi connectivity index (χ2n) is 9.53. The summed E-state index contributed by atoms with van der Waals surface area (Å²) < 4.78 is 11.2. The van der Waals surface area contributed by atoms with Crippen molar-refractivity contribution in [3.05, 3.63) is 76.8 Å². The molecule has 2 heterocycles. The highest BCUT2D eigenvalue weighted by Crippen LogP contribution is 2.26. The van der Waals surface area contributed by atoms with Gasteiger partial charge >= 0.3 is 0 Å². The van der Waals surface area contributed by atoms with Crippen molar-refractivity contribution in [1.82, 2.24) is 9.88 Å². The van der Waals surface area contributed by atoms with Gasteiger partial charge in [0, 0.05) is 37.8 Å². The van der Waals surface area contributed by atoms with Crippen molar-refractivity contribution in [3.8, 4) is 11.8 Å². The zero-order valence-electron chi connectivity index (χ0n) is 20.6. The number of benzene rings is 2. The lowest BCUT2D eigenvalue weighted by molar-refractivity contribution is 0.0745. The molecule has 0 N–H and O–H groups in total. The van der Waals surface area contributed by atoms with Gasteiger partial charge in [-0.1, -0.05) is 45.0 Å². The average Bonchev–Trinajstić information content (AvgIpc) is 3.30. The van der Waals surface area contributed by atoms with Gasteiger partial charge in [-0.15, -0.1) is 0 Å². The first-order chi connectivity index (χ1) is 16.8. The van der Waals surface area contributed by atoms with E-state index in [1.807, 2.05) is 64.4 Å². The molecule has 4 rings (SSSR count). The molecule has 0 aliphatic carbocycles. The number of carbonyl (C=O) groups is 1. The first-order valence-corrected chi connectivity index (χ1v) is 11.7. The number of amides is 1. The van der Waals surface area contributed by atoms with Gasteiger partial charge < -0.3 is 19.0 Å². The second-order valence-corrected chi connectivity index (χ2v) is 9.53. The predicted molar refractivity (Wildman–Crippen MR) is 136 cm³/mol. The lowest BCUT2D eigenvalue weighted by Crippen LogP contribution is -2.48. The van der Waals surface area contributed by atoms with E-state index in [1.54, 1.807) is 13.2 Å². The minimum Gasteiger partial charge on any atom is -0.497 e. The van der Waals surface area contributed by atoms with Crippen molar-refractivity contribution < 1.29 is 13.9 Å². The fourth-order valence-electron chi connectivity index (χ4n) is 4.01. The van der Waals surface area contributed by atoms with Crippen LogP contribution in [-0.4, -0.2) is 49.1 Å². The summed E-state index contributed by atoms with van der Waals surface area (Å²) >= 11 is 0. The van der Waals surface area contributed by atoms with Crippen molar-refractivity contribution in [2.24, 2.45) is 0 Å². The number of anilines is 1. The molecular formula is C28H30N4O3. The van der Waals surface area contributed by atoms with Crippen LogP contribution >= 0.6 is 0 Å². The topological polar surface area (TPSA) is 82.6 Å². The van der Waals surface area contributed by atoms with Crippen LogP contribution < -0.4 is 9.64 Å². The van der Waals surface area contributed by atoms with Crippen LogP contribution in [0.1, 0.15) is 53.8 Å². The number of oxazole rings is 1. The third-order valence-electron chi connectivity index (χ3n) is 6.10. The van der Waals surface area contributed by atoms with E-state index in [0.717, 1.165) is 11.3 Å². The Morgan fingerprint density at radius 1 is 1.09 bits per heavy atom. The average molecular weight is 471 g/mol. The van der Waals surface area contributed by atoms with Crippen LogP contribution in [0.2, 0.25) is 0 Å². The number of piperazine rings is 1. The van der Waals surface area contributed by atoms with Crippen LogP contribution in [0.3, 0.4) is 0 Å². The molecule has 0 unspecified atom stereocenters. The van der Waals surface area contributed by atoms with Crippen molar-refractivity contribution in [1.29, 1.82) is 5.26 Å². The van der Waals surface area contributed by atoms with Crippen LogP contribution in [0, 0.1) is 11.3 Å². The number of nitrogens with zero attached hydrogens (tertiary/aromatic N) is 4. The van der Waals surface area contributed by atoms with E-state index < -0.39 is 0 Å². The second kappa shape index (κ2) is 10.1. The standard InChI is InChI=1S/C28H30N4O3/c1-28(2,3)22-11-9-21(10-12-22)26(33)31-14-16-32(17-15-31)27-24(19-29)30-25(35-27)13-8-20-6-5-7-23(18-20)34-4/h5-13,18H,14-17H2,1-4H3. The third kappa shape index (κ3) is 5.55. The summed E-state index contributed by atoms with van der Waals surface area (Å²) in [5.74, 6) is 1.58. The van der Waals surface area contributed by atoms with Crippen LogP contribution in [0.5, 0.6) is 5.75 Å². The Morgan fingerprint density at radius 2 is 1.80 bits per heavy atom. The molecule has 1 aliphatic rings. The molecule has 1 aromatic heterocycles. The van der Waals surface area contributed by atoms with Crippen LogP contribution in [0.15, 0.2) is 52.9 Å². The molecule has 0 bridgehead atoms. The van der Waals surface area contributed by atoms with E-state index in [4.69, 9.17) is 9.15 Å². The van der Waals surface area contributed by atoms with Gasteiger partial charge in [0.05, 0.1) is 7.11 Å². The van der Waals surface area contributed by atoms with E-state index in [0.29, 0.717) is 43.5 Å². The van der Waals surface area contributed by atoms with Gasteiger partial charge in [-0.2, -0.15) is 10.2 Å². The Bertz CT molecular complexity index is 1250. The molecule has 1 amide bonds. The van der Waals surface area contributed by atoms with Gasteiger partial charge in [0.2, 0.25) is 17.5 Å². The molecule has 0 spiro atoms. The van der Waals surface area contributed by atoms with E-state index in [2.05, 4.69) is 31.8 Å². The number of nitriles is 1. The van der Waals surface area contributed by atoms with Gasteiger partial charge in [0.25, 0.3) is 5.91 Å². The highest BCUT2D eigenvalue weighted by molar-refractivity contribution is 5.94. The minimum absolute atomic E-state index is 0.0186. The number of rotatable bonds is 5. The van der Waals surface area contributed by atoms with E-state index >= 15 is 0 Å².